The first-order chi connectivity index (χ1) is 14.8. The number of carbonyl (C=O) groups is 2. The van der Waals surface area contributed by atoms with Crippen molar-refractivity contribution in [3.8, 4) is 5.69 Å². The number of nitrogens with zero attached hydrogens (tertiary/aromatic N) is 4. The van der Waals surface area contributed by atoms with Crippen molar-refractivity contribution in [1.82, 2.24) is 20.3 Å². The Balaban J connectivity index is 1.66. The third-order valence-electron chi connectivity index (χ3n) is 4.37. The van der Waals surface area contributed by atoms with Crippen LogP contribution in [0.25, 0.3) is 5.69 Å². The standard InChI is InChI=1S/C20H20FN7O3/c21-15-2-1-3-17(28-25-8-9-26-28)14(15)11-24-20(23)27-18(29)13-6-4-12(5-7-13)10-16(22)19(30)31/h1-9,16H,10-11,22H2,(H,30,31)(H3,23,24,27,29). The number of aliphatic imine (C=N–C) groups is 1. The molecule has 1 unspecified atom stereocenters. The summed E-state index contributed by atoms with van der Waals surface area (Å²) in [7, 11) is 0. The monoisotopic (exact) mass is 425 g/mol. The molecule has 1 heterocycles. The highest BCUT2D eigenvalue weighted by molar-refractivity contribution is 6.05. The SMILES string of the molecule is NC(=NCc1c(F)cccc1-n1nccn1)NC(=O)c1ccc(CC(N)C(=O)O)cc1. The second-order valence-electron chi connectivity index (χ2n) is 6.56. The van der Waals surface area contributed by atoms with Crippen molar-refractivity contribution in [3.63, 3.8) is 0 Å². The average molecular weight is 425 g/mol. The van der Waals surface area contributed by atoms with E-state index in [1.807, 2.05) is 0 Å². The van der Waals surface area contributed by atoms with Gasteiger partial charge < -0.3 is 16.6 Å². The van der Waals surface area contributed by atoms with Gasteiger partial charge in [0.25, 0.3) is 5.91 Å². The normalized spacial score (nSPS) is 12.4. The number of carboxylic acids is 1. The molecule has 0 bridgehead atoms. The zero-order valence-electron chi connectivity index (χ0n) is 16.3. The van der Waals surface area contributed by atoms with Gasteiger partial charge >= 0.3 is 5.97 Å². The van der Waals surface area contributed by atoms with Crippen LogP contribution in [0.5, 0.6) is 0 Å². The molecule has 0 saturated carbocycles. The van der Waals surface area contributed by atoms with Crippen molar-refractivity contribution in [2.45, 2.75) is 19.0 Å². The van der Waals surface area contributed by atoms with Crippen molar-refractivity contribution in [3.05, 3.63) is 77.4 Å². The molecule has 0 aliphatic heterocycles. The molecule has 0 radical (unpaired) electrons. The summed E-state index contributed by atoms with van der Waals surface area (Å²) >= 11 is 0. The zero-order chi connectivity index (χ0) is 22.4. The lowest BCUT2D eigenvalue weighted by Crippen LogP contribution is -2.37. The molecular formula is C20H20FN7O3. The Bertz CT molecular complexity index is 1100. The Morgan fingerprint density at radius 3 is 2.48 bits per heavy atom. The molecule has 10 nitrogen and oxygen atoms in total. The number of nitrogens with one attached hydrogen (secondary N) is 1. The fraction of sp³-hybridized carbons (Fsp3) is 0.150. The van der Waals surface area contributed by atoms with Gasteiger partial charge in [-0.05, 0) is 36.2 Å². The highest BCUT2D eigenvalue weighted by Crippen LogP contribution is 2.17. The summed E-state index contributed by atoms with van der Waals surface area (Å²) in [5, 5.41) is 19.3. The van der Waals surface area contributed by atoms with Gasteiger partial charge in [-0.1, -0.05) is 18.2 Å². The molecular weight excluding hydrogens is 405 g/mol. The number of nitrogens with two attached hydrogens (primary N) is 2. The van der Waals surface area contributed by atoms with Crippen molar-refractivity contribution in [2.75, 3.05) is 0 Å². The zero-order valence-corrected chi connectivity index (χ0v) is 16.3. The highest BCUT2D eigenvalue weighted by atomic mass is 19.1. The maximum Gasteiger partial charge on any atom is 0.320 e. The molecule has 2 aromatic carbocycles. The Morgan fingerprint density at radius 1 is 1.16 bits per heavy atom. The van der Waals surface area contributed by atoms with Gasteiger partial charge in [0.05, 0.1) is 24.6 Å². The van der Waals surface area contributed by atoms with Gasteiger partial charge in [0, 0.05) is 11.1 Å². The van der Waals surface area contributed by atoms with Crippen molar-refractivity contribution >= 4 is 17.8 Å². The predicted molar refractivity (Wildman–Crippen MR) is 110 cm³/mol. The van der Waals surface area contributed by atoms with Crippen LogP contribution in [0.1, 0.15) is 21.5 Å². The fourth-order valence-corrected chi connectivity index (χ4v) is 2.76. The first-order valence-electron chi connectivity index (χ1n) is 9.18. The number of aromatic nitrogens is 3. The van der Waals surface area contributed by atoms with E-state index in [0.29, 0.717) is 11.3 Å². The molecule has 31 heavy (non-hydrogen) atoms. The van der Waals surface area contributed by atoms with Crippen molar-refractivity contribution < 1.29 is 19.1 Å². The average Bonchev–Trinajstić information content (AvgIpc) is 3.27. The van der Waals surface area contributed by atoms with Gasteiger partial charge in [-0.15, -0.1) is 0 Å². The number of carboxylic acid groups (broad SMARTS) is 1. The second kappa shape index (κ2) is 9.59. The first-order valence-corrected chi connectivity index (χ1v) is 9.18. The predicted octanol–water partition coefficient (Wildman–Crippen LogP) is 0.606. The van der Waals surface area contributed by atoms with Crippen LogP contribution in [0, 0.1) is 5.82 Å². The summed E-state index contributed by atoms with van der Waals surface area (Å²) in [5.41, 5.74) is 12.9. The third kappa shape index (κ3) is 5.48. The number of halogens is 1. The maximum atomic E-state index is 14.3. The highest BCUT2D eigenvalue weighted by Gasteiger charge is 2.14. The number of amides is 1. The van der Waals surface area contributed by atoms with Crippen LogP contribution >= 0.6 is 0 Å². The number of aliphatic carboxylic acids is 1. The molecule has 6 N–H and O–H groups in total. The Kier molecular flexibility index (Phi) is 6.67. The van der Waals surface area contributed by atoms with Crippen molar-refractivity contribution in [2.24, 2.45) is 16.5 Å². The topological polar surface area (TPSA) is 162 Å². The number of hydrogen-bond acceptors (Lipinski definition) is 6. The molecule has 0 aliphatic carbocycles. The van der Waals surface area contributed by atoms with E-state index < -0.39 is 23.7 Å². The maximum absolute atomic E-state index is 14.3. The lowest BCUT2D eigenvalue weighted by molar-refractivity contribution is -0.138. The summed E-state index contributed by atoms with van der Waals surface area (Å²) in [5.74, 6) is -2.32. The fourth-order valence-electron chi connectivity index (χ4n) is 2.76. The summed E-state index contributed by atoms with van der Waals surface area (Å²) in [6.45, 7) is -0.137. The summed E-state index contributed by atoms with van der Waals surface area (Å²) < 4.78 is 14.3. The van der Waals surface area contributed by atoms with E-state index in [4.69, 9.17) is 16.6 Å². The molecule has 0 spiro atoms. The third-order valence-corrected chi connectivity index (χ3v) is 4.37. The van der Waals surface area contributed by atoms with Crippen molar-refractivity contribution in [1.29, 1.82) is 0 Å². The number of benzene rings is 2. The van der Waals surface area contributed by atoms with Crippen LogP contribution < -0.4 is 16.8 Å². The minimum absolute atomic E-state index is 0.136. The van der Waals surface area contributed by atoms with Crippen LogP contribution in [-0.2, 0) is 17.8 Å². The molecule has 11 heteroatoms. The molecule has 1 amide bonds. The Labute approximate surface area is 176 Å². The van der Waals surface area contributed by atoms with Gasteiger partial charge in [-0.25, -0.2) is 9.38 Å². The summed E-state index contributed by atoms with van der Waals surface area (Å²) in [4.78, 5) is 28.5. The van der Waals surface area contributed by atoms with Crippen LogP contribution in [0.4, 0.5) is 4.39 Å². The van der Waals surface area contributed by atoms with E-state index >= 15 is 0 Å². The smallest absolute Gasteiger partial charge is 0.320 e. The lowest BCUT2D eigenvalue weighted by Gasteiger charge is -2.09. The van der Waals surface area contributed by atoms with Gasteiger partial charge in [0.15, 0.2) is 5.96 Å². The molecule has 160 valence electrons. The van der Waals surface area contributed by atoms with Crippen LogP contribution in [0.2, 0.25) is 0 Å². The van der Waals surface area contributed by atoms with Crippen LogP contribution in [0.15, 0.2) is 59.9 Å². The van der Waals surface area contributed by atoms with Gasteiger partial charge in [-0.3, -0.25) is 14.9 Å². The number of rotatable bonds is 7. The Morgan fingerprint density at radius 2 is 1.84 bits per heavy atom. The molecule has 0 saturated heterocycles. The second-order valence-corrected chi connectivity index (χ2v) is 6.56. The largest absolute Gasteiger partial charge is 0.480 e. The summed E-state index contributed by atoms with van der Waals surface area (Å²) in [6, 6.07) is 9.67. The van der Waals surface area contributed by atoms with Crippen LogP contribution in [-0.4, -0.2) is 44.0 Å². The van der Waals surface area contributed by atoms with E-state index in [1.165, 1.54) is 41.5 Å². The van der Waals surface area contributed by atoms with Gasteiger partial charge in [0.2, 0.25) is 0 Å². The number of carbonyl (C=O) groups excluding carboxylic acids is 1. The van der Waals surface area contributed by atoms with E-state index in [-0.39, 0.29) is 30.1 Å². The molecule has 0 aliphatic rings. The quantitative estimate of drug-likeness (QED) is 0.318. The van der Waals surface area contributed by atoms with Gasteiger partial charge in [0.1, 0.15) is 11.9 Å². The molecule has 3 aromatic rings. The van der Waals surface area contributed by atoms with Gasteiger partial charge in [-0.2, -0.15) is 15.0 Å². The first kappa shape index (κ1) is 21.6. The molecule has 1 aromatic heterocycles. The lowest BCUT2D eigenvalue weighted by atomic mass is 10.0. The minimum atomic E-state index is -1.10. The van der Waals surface area contributed by atoms with E-state index in [2.05, 4.69) is 20.5 Å². The van der Waals surface area contributed by atoms with E-state index in [0.717, 1.165) is 0 Å². The molecule has 1 atom stereocenters. The molecule has 3 rings (SSSR count). The van der Waals surface area contributed by atoms with E-state index in [1.54, 1.807) is 18.2 Å². The summed E-state index contributed by atoms with van der Waals surface area (Å²) in [6.07, 6.45) is 3.07. The molecule has 0 fully saturated rings. The number of hydrogen-bond donors (Lipinski definition) is 4. The number of guanidine groups is 1. The Hall–Kier alpha value is -4.12. The van der Waals surface area contributed by atoms with E-state index in [9.17, 15) is 14.0 Å². The van der Waals surface area contributed by atoms with Crippen LogP contribution in [0.3, 0.4) is 0 Å². The minimum Gasteiger partial charge on any atom is -0.480 e.